The van der Waals surface area contributed by atoms with Crippen molar-refractivity contribution in [2.45, 2.75) is 56.8 Å². The topological polar surface area (TPSA) is 99.1 Å². The van der Waals surface area contributed by atoms with Crippen LogP contribution in [0.3, 0.4) is 0 Å². The van der Waals surface area contributed by atoms with Gasteiger partial charge in [0.25, 0.3) is 0 Å². The molecule has 3 rings (SSSR count). The predicted octanol–water partition coefficient (Wildman–Crippen LogP) is 2.79. The molecule has 7 nitrogen and oxygen atoms in total. The van der Waals surface area contributed by atoms with E-state index in [2.05, 4.69) is 0 Å². The molecule has 0 spiro atoms. The highest BCUT2D eigenvalue weighted by Gasteiger charge is 2.42. The SMILES string of the molecule is CC1C(C(=O)OC(C)(C)C)=CC(Oc2ccc(S(C)(=O)=O)cc2)=C2CC(CO)OC21. The molecule has 30 heavy (non-hydrogen) atoms. The summed E-state index contributed by atoms with van der Waals surface area (Å²) >= 11 is 0. The second-order valence-electron chi connectivity index (χ2n) is 8.69. The number of allylic oxidation sites excluding steroid dienone is 1. The maximum Gasteiger partial charge on any atom is 0.335 e. The van der Waals surface area contributed by atoms with Crippen LogP contribution in [0.1, 0.15) is 34.1 Å². The van der Waals surface area contributed by atoms with Gasteiger partial charge in [-0.15, -0.1) is 0 Å². The molecule has 0 radical (unpaired) electrons. The Labute approximate surface area is 177 Å². The Kier molecular flexibility index (Phi) is 6.13. The van der Waals surface area contributed by atoms with Crippen LogP contribution in [0.25, 0.3) is 0 Å². The van der Waals surface area contributed by atoms with Crippen molar-refractivity contribution < 1.29 is 32.5 Å². The summed E-state index contributed by atoms with van der Waals surface area (Å²) in [6, 6.07) is 6.08. The fraction of sp³-hybridized carbons (Fsp3) is 0.500. The number of esters is 1. The van der Waals surface area contributed by atoms with Gasteiger partial charge in [-0.05, 0) is 51.1 Å². The average molecular weight is 437 g/mol. The van der Waals surface area contributed by atoms with Crippen molar-refractivity contribution in [3.63, 3.8) is 0 Å². The van der Waals surface area contributed by atoms with E-state index in [-0.39, 0.29) is 23.5 Å². The molecule has 0 aromatic heterocycles. The zero-order valence-corrected chi connectivity index (χ0v) is 18.7. The van der Waals surface area contributed by atoms with E-state index in [0.29, 0.717) is 23.5 Å². The van der Waals surface area contributed by atoms with Gasteiger partial charge in [0.15, 0.2) is 9.84 Å². The Hall–Kier alpha value is -2.16. The number of fused-ring (bicyclic) bond motifs is 1. The van der Waals surface area contributed by atoms with Gasteiger partial charge in [0.05, 0.1) is 23.7 Å². The summed E-state index contributed by atoms with van der Waals surface area (Å²) < 4.78 is 40.9. The van der Waals surface area contributed by atoms with Gasteiger partial charge in [-0.1, -0.05) is 6.92 Å². The number of sulfone groups is 1. The maximum atomic E-state index is 12.8. The predicted molar refractivity (Wildman–Crippen MR) is 111 cm³/mol. The zero-order chi connectivity index (χ0) is 22.3. The van der Waals surface area contributed by atoms with Crippen molar-refractivity contribution in [2.75, 3.05) is 12.9 Å². The molecular weight excluding hydrogens is 408 g/mol. The summed E-state index contributed by atoms with van der Waals surface area (Å²) in [5.74, 6) is 0.192. The molecule has 3 unspecified atom stereocenters. The standard InChI is InChI=1S/C22H28O7S/c1-13-17(21(24)29-22(2,3)4)11-19(18-10-15(12-23)28-20(13)18)27-14-6-8-16(9-7-14)30(5,25)26/h6-9,11,13,15,20,23H,10,12H2,1-5H3. The molecule has 1 saturated heterocycles. The molecule has 0 bridgehead atoms. The fourth-order valence-electron chi connectivity index (χ4n) is 3.55. The monoisotopic (exact) mass is 436 g/mol. The average Bonchev–Trinajstić information content (AvgIpc) is 3.07. The number of hydrogen-bond donors (Lipinski definition) is 1. The minimum absolute atomic E-state index is 0.134. The van der Waals surface area contributed by atoms with Gasteiger partial charge in [0.1, 0.15) is 17.1 Å². The molecule has 3 atom stereocenters. The lowest BCUT2D eigenvalue weighted by Crippen LogP contribution is -2.33. The van der Waals surface area contributed by atoms with Crippen LogP contribution in [-0.2, 0) is 24.1 Å². The first-order chi connectivity index (χ1) is 13.9. The number of carbonyl (C=O) groups is 1. The highest BCUT2D eigenvalue weighted by Crippen LogP contribution is 2.41. The Morgan fingerprint density at radius 3 is 2.40 bits per heavy atom. The summed E-state index contributed by atoms with van der Waals surface area (Å²) in [6.45, 7) is 7.15. The van der Waals surface area contributed by atoms with Crippen LogP contribution in [-0.4, -0.2) is 50.2 Å². The smallest absolute Gasteiger partial charge is 0.335 e. The number of benzene rings is 1. The van der Waals surface area contributed by atoms with Crippen LogP contribution in [0, 0.1) is 5.92 Å². The number of ether oxygens (including phenoxy) is 3. The molecule has 1 aliphatic carbocycles. The third kappa shape index (κ3) is 4.94. The molecule has 164 valence electrons. The van der Waals surface area contributed by atoms with Crippen molar-refractivity contribution >= 4 is 15.8 Å². The maximum absolute atomic E-state index is 12.8. The van der Waals surface area contributed by atoms with Gasteiger partial charge in [-0.25, -0.2) is 13.2 Å². The lowest BCUT2D eigenvalue weighted by atomic mass is 9.84. The van der Waals surface area contributed by atoms with Crippen molar-refractivity contribution in [3.8, 4) is 5.75 Å². The van der Waals surface area contributed by atoms with E-state index in [1.165, 1.54) is 12.1 Å². The molecule has 0 saturated carbocycles. The van der Waals surface area contributed by atoms with Crippen molar-refractivity contribution in [1.82, 2.24) is 0 Å². The molecule has 8 heteroatoms. The van der Waals surface area contributed by atoms with Crippen LogP contribution in [0.15, 0.2) is 52.1 Å². The molecule has 1 heterocycles. The number of aliphatic hydroxyl groups is 1. The van der Waals surface area contributed by atoms with Gasteiger partial charge in [0, 0.05) is 29.7 Å². The van der Waals surface area contributed by atoms with Crippen molar-refractivity contribution in [3.05, 3.63) is 47.2 Å². The Morgan fingerprint density at radius 2 is 1.87 bits per heavy atom. The summed E-state index contributed by atoms with van der Waals surface area (Å²) in [5.41, 5.74) is 0.648. The second kappa shape index (κ2) is 8.17. The molecule has 1 aromatic carbocycles. The van der Waals surface area contributed by atoms with Gasteiger partial charge in [0.2, 0.25) is 0 Å². The quantitative estimate of drug-likeness (QED) is 0.709. The highest BCUT2D eigenvalue weighted by molar-refractivity contribution is 7.90. The van der Waals surface area contributed by atoms with Crippen molar-refractivity contribution in [2.24, 2.45) is 5.92 Å². The van der Waals surface area contributed by atoms with Gasteiger partial charge in [-0.3, -0.25) is 0 Å². The van der Waals surface area contributed by atoms with Gasteiger partial charge >= 0.3 is 5.97 Å². The zero-order valence-electron chi connectivity index (χ0n) is 17.8. The summed E-state index contributed by atoms with van der Waals surface area (Å²) in [6.07, 6.45) is 2.52. The molecule has 2 aliphatic rings. The Bertz CT molecular complexity index is 981. The Balaban J connectivity index is 1.95. The molecule has 1 aromatic rings. The third-order valence-electron chi connectivity index (χ3n) is 5.00. The van der Waals surface area contributed by atoms with Crippen LogP contribution in [0.4, 0.5) is 0 Å². The van der Waals surface area contributed by atoms with E-state index in [0.717, 1.165) is 11.8 Å². The van der Waals surface area contributed by atoms with E-state index in [1.54, 1.807) is 39.0 Å². The molecule has 1 aliphatic heterocycles. The summed E-state index contributed by atoms with van der Waals surface area (Å²) in [5, 5.41) is 9.56. The van der Waals surface area contributed by atoms with Crippen LogP contribution in [0.2, 0.25) is 0 Å². The first-order valence-corrected chi connectivity index (χ1v) is 11.7. The largest absolute Gasteiger partial charge is 0.457 e. The number of hydrogen-bond acceptors (Lipinski definition) is 7. The fourth-order valence-corrected chi connectivity index (χ4v) is 4.18. The third-order valence-corrected chi connectivity index (χ3v) is 6.12. The van der Waals surface area contributed by atoms with Crippen LogP contribution < -0.4 is 4.74 Å². The lowest BCUT2D eigenvalue weighted by molar-refractivity contribution is -0.151. The number of rotatable bonds is 5. The minimum Gasteiger partial charge on any atom is -0.457 e. The molecule has 0 amide bonds. The molecular formula is C22H28O7S. The van der Waals surface area contributed by atoms with Gasteiger partial charge in [-0.2, -0.15) is 0 Å². The first kappa shape index (κ1) is 22.5. The van der Waals surface area contributed by atoms with E-state index in [9.17, 15) is 18.3 Å². The number of aliphatic hydroxyl groups excluding tert-OH is 1. The molecule has 1 N–H and O–H groups in total. The summed E-state index contributed by atoms with van der Waals surface area (Å²) in [7, 11) is -3.31. The lowest BCUT2D eigenvalue weighted by Gasteiger charge is -2.30. The minimum atomic E-state index is -3.31. The normalized spacial score (nSPS) is 24.3. The van der Waals surface area contributed by atoms with Crippen LogP contribution >= 0.6 is 0 Å². The van der Waals surface area contributed by atoms with E-state index in [1.807, 2.05) is 6.92 Å². The number of carbonyl (C=O) groups excluding carboxylic acids is 1. The van der Waals surface area contributed by atoms with E-state index >= 15 is 0 Å². The van der Waals surface area contributed by atoms with Crippen LogP contribution in [0.5, 0.6) is 5.75 Å². The Morgan fingerprint density at radius 1 is 1.23 bits per heavy atom. The van der Waals surface area contributed by atoms with E-state index in [4.69, 9.17) is 14.2 Å². The van der Waals surface area contributed by atoms with Crippen molar-refractivity contribution in [1.29, 1.82) is 0 Å². The highest BCUT2D eigenvalue weighted by atomic mass is 32.2. The molecule has 1 fully saturated rings. The second-order valence-corrected chi connectivity index (χ2v) is 10.7. The van der Waals surface area contributed by atoms with E-state index < -0.39 is 27.5 Å². The van der Waals surface area contributed by atoms with Gasteiger partial charge < -0.3 is 19.3 Å². The first-order valence-electron chi connectivity index (χ1n) is 9.81. The summed E-state index contributed by atoms with van der Waals surface area (Å²) in [4.78, 5) is 13.0.